The Morgan fingerprint density at radius 2 is 2.07 bits per heavy atom. The van der Waals surface area contributed by atoms with E-state index in [0.717, 1.165) is 43.7 Å². The summed E-state index contributed by atoms with van der Waals surface area (Å²) >= 11 is 0. The number of fused-ring (bicyclic) bond motifs is 3. The van der Waals surface area contributed by atoms with Crippen LogP contribution in [0.3, 0.4) is 0 Å². The average molecular weight is 379 g/mol. The van der Waals surface area contributed by atoms with Crippen molar-refractivity contribution in [3.05, 3.63) is 18.2 Å². The van der Waals surface area contributed by atoms with Crippen molar-refractivity contribution in [1.29, 1.82) is 0 Å². The number of piperidine rings is 3. The van der Waals surface area contributed by atoms with Gasteiger partial charge in [0.1, 0.15) is 11.4 Å². The molecule has 0 radical (unpaired) electrons. The molecule has 5 heterocycles. The molecule has 146 valence electrons. The number of hydrogen-bond acceptors (Lipinski definition) is 6. The molecule has 7 nitrogen and oxygen atoms in total. The van der Waals surface area contributed by atoms with E-state index in [2.05, 4.69) is 14.7 Å². The summed E-state index contributed by atoms with van der Waals surface area (Å²) in [7, 11) is 1.78. The van der Waals surface area contributed by atoms with Gasteiger partial charge in [-0.3, -0.25) is 10.4 Å². The Morgan fingerprint density at radius 3 is 2.74 bits per heavy atom. The summed E-state index contributed by atoms with van der Waals surface area (Å²) in [5.41, 5.74) is 6.82. The molecule has 4 saturated heterocycles. The van der Waals surface area contributed by atoms with Gasteiger partial charge in [-0.25, -0.2) is 0 Å². The number of benzene rings is 1. The molecule has 1 aromatic heterocycles. The molecule has 2 atom stereocenters. The van der Waals surface area contributed by atoms with Crippen LogP contribution in [-0.4, -0.2) is 59.4 Å². The third kappa shape index (κ3) is 2.67. The van der Waals surface area contributed by atoms with E-state index < -0.39 is 13.0 Å². The summed E-state index contributed by atoms with van der Waals surface area (Å²) in [6.07, 6.45) is 1.70. The lowest BCUT2D eigenvalue weighted by atomic mass is 9.75. The van der Waals surface area contributed by atoms with Gasteiger partial charge in [0.05, 0.1) is 12.1 Å². The molecule has 0 aliphatic carbocycles. The smallest absolute Gasteiger partial charge is 0.387 e. The third-order valence-corrected chi connectivity index (χ3v) is 6.22. The van der Waals surface area contributed by atoms with Crippen molar-refractivity contribution in [3.8, 4) is 5.75 Å². The molecule has 2 N–H and O–H groups in total. The van der Waals surface area contributed by atoms with Crippen molar-refractivity contribution >= 4 is 16.7 Å². The minimum Gasteiger partial charge on any atom is -0.435 e. The van der Waals surface area contributed by atoms with Crippen molar-refractivity contribution < 1.29 is 18.3 Å². The van der Waals surface area contributed by atoms with Gasteiger partial charge in [-0.1, -0.05) is 0 Å². The van der Waals surface area contributed by atoms with Crippen LogP contribution in [0, 0.1) is 5.92 Å². The summed E-state index contributed by atoms with van der Waals surface area (Å²) in [4.78, 5) is 4.44. The Hall–Kier alpha value is -1.97. The SMILES string of the molecule is Cn1nc(N2CC3(CN4CCC3CC4)OC2N)c2ccc(OC(F)F)cc21. The van der Waals surface area contributed by atoms with E-state index in [1.165, 1.54) is 6.07 Å². The highest BCUT2D eigenvalue weighted by Crippen LogP contribution is 2.44. The van der Waals surface area contributed by atoms with Gasteiger partial charge in [-0.05, 0) is 44.0 Å². The molecule has 1 spiro atoms. The van der Waals surface area contributed by atoms with Crippen LogP contribution in [0.5, 0.6) is 5.75 Å². The zero-order valence-electron chi connectivity index (χ0n) is 15.1. The fourth-order valence-corrected chi connectivity index (χ4v) is 4.96. The number of hydrogen-bond donors (Lipinski definition) is 1. The molecule has 0 amide bonds. The molecule has 2 unspecified atom stereocenters. The van der Waals surface area contributed by atoms with E-state index in [-0.39, 0.29) is 11.4 Å². The van der Waals surface area contributed by atoms with Crippen LogP contribution in [-0.2, 0) is 11.8 Å². The van der Waals surface area contributed by atoms with E-state index in [0.29, 0.717) is 18.0 Å². The first kappa shape index (κ1) is 17.2. The lowest BCUT2D eigenvalue weighted by Gasteiger charge is -2.50. The molecule has 2 aromatic rings. The second kappa shape index (κ2) is 6.02. The molecule has 4 fully saturated rings. The van der Waals surface area contributed by atoms with Gasteiger partial charge in [0.2, 0.25) is 0 Å². The predicted molar refractivity (Wildman–Crippen MR) is 95.6 cm³/mol. The Labute approximate surface area is 155 Å². The molecule has 6 rings (SSSR count). The molecule has 4 aliphatic rings. The summed E-state index contributed by atoms with van der Waals surface area (Å²) in [5, 5.41) is 5.45. The molecule has 0 saturated carbocycles. The minimum atomic E-state index is -2.85. The maximum atomic E-state index is 12.5. The van der Waals surface area contributed by atoms with Crippen LogP contribution in [0.2, 0.25) is 0 Å². The fraction of sp³-hybridized carbons (Fsp3) is 0.611. The zero-order valence-corrected chi connectivity index (χ0v) is 15.1. The number of aryl methyl sites for hydroxylation is 1. The van der Waals surface area contributed by atoms with Crippen molar-refractivity contribution in [1.82, 2.24) is 14.7 Å². The van der Waals surface area contributed by atoms with E-state index in [9.17, 15) is 8.78 Å². The van der Waals surface area contributed by atoms with Gasteiger partial charge in [0, 0.05) is 25.0 Å². The van der Waals surface area contributed by atoms with Crippen molar-refractivity contribution in [2.45, 2.75) is 31.4 Å². The first-order valence-electron chi connectivity index (χ1n) is 9.29. The van der Waals surface area contributed by atoms with Crippen LogP contribution >= 0.6 is 0 Å². The first-order chi connectivity index (χ1) is 12.9. The standard InChI is InChI=1S/C18H23F2N5O2/c1-23-14-8-12(26-16(19)20)2-3-13(14)15(22-23)25-10-18(27-17(25)21)9-24-6-4-11(18)5-7-24/h2-3,8,11,16-17H,4-7,9-10,21H2,1H3. The fourth-order valence-electron chi connectivity index (χ4n) is 4.96. The summed E-state index contributed by atoms with van der Waals surface area (Å²) < 4.78 is 37.5. The number of rotatable bonds is 3. The molecule has 27 heavy (non-hydrogen) atoms. The maximum absolute atomic E-state index is 12.5. The number of nitrogens with zero attached hydrogens (tertiary/aromatic N) is 4. The summed E-state index contributed by atoms with van der Waals surface area (Å²) in [5.74, 6) is 1.35. The van der Waals surface area contributed by atoms with Gasteiger partial charge in [0.15, 0.2) is 12.2 Å². The maximum Gasteiger partial charge on any atom is 0.387 e. The number of anilines is 1. The number of nitrogens with two attached hydrogens (primary N) is 1. The lowest BCUT2D eigenvalue weighted by Crippen LogP contribution is -2.61. The molecular weight excluding hydrogens is 356 g/mol. The number of aromatic nitrogens is 2. The number of ether oxygens (including phenoxy) is 2. The highest BCUT2D eigenvalue weighted by Gasteiger charge is 2.54. The Morgan fingerprint density at radius 1 is 1.30 bits per heavy atom. The second-order valence-corrected chi connectivity index (χ2v) is 7.76. The molecular formula is C18H23F2N5O2. The third-order valence-electron chi connectivity index (χ3n) is 6.22. The second-order valence-electron chi connectivity index (χ2n) is 7.76. The predicted octanol–water partition coefficient (Wildman–Crippen LogP) is 1.72. The first-order valence-corrected chi connectivity index (χ1v) is 9.29. The van der Waals surface area contributed by atoms with Crippen molar-refractivity contribution in [2.24, 2.45) is 18.7 Å². The Balaban J connectivity index is 1.48. The quantitative estimate of drug-likeness (QED) is 0.876. The van der Waals surface area contributed by atoms with E-state index >= 15 is 0 Å². The number of halogens is 2. The topological polar surface area (TPSA) is 68.8 Å². The van der Waals surface area contributed by atoms with Crippen molar-refractivity contribution in [3.63, 3.8) is 0 Å². The monoisotopic (exact) mass is 379 g/mol. The van der Waals surface area contributed by atoms with Crippen LogP contribution in [0.15, 0.2) is 18.2 Å². The Bertz CT molecular complexity index is 867. The lowest BCUT2D eigenvalue weighted by molar-refractivity contribution is -0.137. The van der Waals surface area contributed by atoms with Gasteiger partial charge in [-0.2, -0.15) is 13.9 Å². The average Bonchev–Trinajstić information content (AvgIpc) is 3.12. The van der Waals surface area contributed by atoms with Crippen LogP contribution in [0.25, 0.3) is 10.9 Å². The molecule has 9 heteroatoms. The normalized spacial score (nSPS) is 32.9. The largest absolute Gasteiger partial charge is 0.435 e. The van der Waals surface area contributed by atoms with E-state index in [1.807, 2.05) is 4.90 Å². The Kier molecular flexibility index (Phi) is 3.82. The molecule has 4 aliphatic heterocycles. The van der Waals surface area contributed by atoms with Crippen LogP contribution in [0.1, 0.15) is 12.8 Å². The highest BCUT2D eigenvalue weighted by atomic mass is 19.3. The van der Waals surface area contributed by atoms with Crippen LogP contribution < -0.4 is 15.4 Å². The molecule has 1 aromatic carbocycles. The van der Waals surface area contributed by atoms with Gasteiger partial charge < -0.3 is 19.3 Å². The van der Waals surface area contributed by atoms with Gasteiger partial charge >= 0.3 is 6.61 Å². The minimum absolute atomic E-state index is 0.114. The number of alkyl halides is 2. The highest BCUT2D eigenvalue weighted by molar-refractivity contribution is 5.91. The summed E-state index contributed by atoms with van der Waals surface area (Å²) in [6, 6.07) is 4.86. The van der Waals surface area contributed by atoms with Crippen molar-refractivity contribution in [2.75, 3.05) is 31.1 Å². The van der Waals surface area contributed by atoms with E-state index in [1.54, 1.807) is 23.9 Å². The summed E-state index contributed by atoms with van der Waals surface area (Å²) in [6.45, 7) is 0.997. The van der Waals surface area contributed by atoms with Gasteiger partial charge in [-0.15, -0.1) is 0 Å². The van der Waals surface area contributed by atoms with Crippen LogP contribution in [0.4, 0.5) is 14.6 Å². The van der Waals surface area contributed by atoms with E-state index in [4.69, 9.17) is 10.5 Å². The van der Waals surface area contributed by atoms with Gasteiger partial charge in [0.25, 0.3) is 0 Å². The zero-order chi connectivity index (χ0) is 18.8. The molecule has 2 bridgehead atoms.